The van der Waals surface area contributed by atoms with Gasteiger partial charge in [0, 0.05) is 73.9 Å². The van der Waals surface area contributed by atoms with Crippen LogP contribution in [-0.2, 0) is 14.9 Å². The second kappa shape index (κ2) is 11.4. The Kier molecular flexibility index (Phi) is 8.30. The smallest absolute Gasteiger partial charge is 0.241 e. The van der Waals surface area contributed by atoms with Crippen LogP contribution in [0.15, 0.2) is 30.5 Å². The molecule has 1 unspecified atom stereocenters. The number of aromatic nitrogens is 1. The number of anilines is 1. The zero-order chi connectivity index (χ0) is 28.8. The molecule has 4 heterocycles. The summed E-state index contributed by atoms with van der Waals surface area (Å²) in [6.07, 6.45) is 1.76. The number of benzene rings is 1. The van der Waals surface area contributed by atoms with Gasteiger partial charge in [-0.1, -0.05) is 26.8 Å². The van der Waals surface area contributed by atoms with Crippen molar-refractivity contribution in [2.45, 2.75) is 77.0 Å². The molecule has 1 N–H and O–H groups in total. The van der Waals surface area contributed by atoms with Crippen LogP contribution in [0.25, 0.3) is 0 Å². The number of rotatable bonds is 6. The number of nitrogens with zero attached hydrogens (tertiary/aromatic N) is 4. The molecule has 5 atom stereocenters. The Bertz CT molecular complexity index is 1230. The molecule has 0 bridgehead atoms. The summed E-state index contributed by atoms with van der Waals surface area (Å²) in [6, 6.07) is 6.82. The lowest BCUT2D eigenvalue weighted by atomic mass is 9.89. The standard InChI is InChI=1S/C31H43F2N5O2/c1-19-13-36(25(12-34-19)14-37-20(2)16-40-17-21(37)3)15-29(39)38-18-31(5,6)30-28(38)9-23(11-35-30)22(4)26-8-7-24(32)10-27(26)33/h7-11,19-22,25,34H,12-18H2,1-6H3/t19-,20-,21-,22?,25-/m1/s1. The fraction of sp³-hybridized carbons (Fsp3) is 0.613. The summed E-state index contributed by atoms with van der Waals surface area (Å²) in [5, 5.41) is 3.61. The molecule has 2 aromatic rings. The summed E-state index contributed by atoms with van der Waals surface area (Å²) in [4.78, 5) is 25.5. The highest BCUT2D eigenvalue weighted by Crippen LogP contribution is 2.41. The van der Waals surface area contributed by atoms with E-state index in [4.69, 9.17) is 9.72 Å². The third kappa shape index (κ3) is 5.79. The quantitative estimate of drug-likeness (QED) is 0.584. The van der Waals surface area contributed by atoms with Gasteiger partial charge in [0.05, 0.1) is 31.1 Å². The highest BCUT2D eigenvalue weighted by molar-refractivity contribution is 5.97. The van der Waals surface area contributed by atoms with E-state index in [0.29, 0.717) is 36.8 Å². The molecule has 3 aliphatic heterocycles. The minimum Gasteiger partial charge on any atom is -0.378 e. The molecule has 0 radical (unpaired) electrons. The average Bonchev–Trinajstić information content (AvgIpc) is 3.17. The maximum absolute atomic E-state index is 14.6. The van der Waals surface area contributed by atoms with Crippen LogP contribution in [0.4, 0.5) is 14.5 Å². The van der Waals surface area contributed by atoms with Crippen LogP contribution in [0, 0.1) is 11.6 Å². The number of hydrogen-bond donors (Lipinski definition) is 1. The van der Waals surface area contributed by atoms with E-state index in [9.17, 15) is 13.6 Å². The molecule has 0 aliphatic carbocycles. The predicted molar refractivity (Wildman–Crippen MR) is 153 cm³/mol. The number of morpholine rings is 1. The van der Waals surface area contributed by atoms with Gasteiger partial charge in [0.2, 0.25) is 5.91 Å². The zero-order valence-corrected chi connectivity index (χ0v) is 24.6. The van der Waals surface area contributed by atoms with Crippen LogP contribution in [0.2, 0.25) is 0 Å². The summed E-state index contributed by atoms with van der Waals surface area (Å²) >= 11 is 0. The van der Waals surface area contributed by atoms with Crippen molar-refractivity contribution in [3.63, 3.8) is 0 Å². The lowest BCUT2D eigenvalue weighted by molar-refractivity contribution is -0.121. The maximum atomic E-state index is 14.6. The van der Waals surface area contributed by atoms with Gasteiger partial charge >= 0.3 is 0 Å². The molecule has 1 amide bonds. The first-order valence-corrected chi connectivity index (χ1v) is 14.5. The number of amides is 1. The number of halogens is 2. The van der Waals surface area contributed by atoms with E-state index in [-0.39, 0.29) is 23.3 Å². The van der Waals surface area contributed by atoms with Crippen molar-refractivity contribution < 1.29 is 18.3 Å². The Morgan fingerprint density at radius 3 is 2.60 bits per heavy atom. The van der Waals surface area contributed by atoms with E-state index >= 15 is 0 Å². The molecule has 7 nitrogen and oxygen atoms in total. The molecule has 3 aliphatic rings. The summed E-state index contributed by atoms with van der Waals surface area (Å²) in [5.74, 6) is -1.47. The summed E-state index contributed by atoms with van der Waals surface area (Å²) in [7, 11) is 0. The van der Waals surface area contributed by atoms with E-state index in [0.717, 1.165) is 55.9 Å². The molecular weight excluding hydrogens is 512 g/mol. The first-order chi connectivity index (χ1) is 18.9. The Morgan fingerprint density at radius 1 is 1.18 bits per heavy atom. The number of pyridine rings is 1. The van der Waals surface area contributed by atoms with E-state index in [1.54, 1.807) is 6.20 Å². The molecule has 2 fully saturated rings. The third-order valence-corrected chi connectivity index (χ3v) is 8.94. The summed E-state index contributed by atoms with van der Waals surface area (Å²) < 4.78 is 33.8. The van der Waals surface area contributed by atoms with Gasteiger partial charge in [-0.05, 0) is 44.0 Å². The van der Waals surface area contributed by atoms with E-state index in [1.807, 2.05) is 17.9 Å². The fourth-order valence-electron chi connectivity index (χ4n) is 6.55. The number of hydrogen-bond acceptors (Lipinski definition) is 6. The fourth-order valence-corrected chi connectivity index (χ4v) is 6.55. The van der Waals surface area contributed by atoms with Crippen molar-refractivity contribution in [1.29, 1.82) is 0 Å². The second-order valence-corrected chi connectivity index (χ2v) is 12.7. The van der Waals surface area contributed by atoms with Gasteiger partial charge in [0.1, 0.15) is 11.6 Å². The maximum Gasteiger partial charge on any atom is 0.241 e. The highest BCUT2D eigenvalue weighted by Gasteiger charge is 2.41. The lowest BCUT2D eigenvalue weighted by Crippen LogP contribution is -2.63. The first kappa shape index (κ1) is 29.0. The lowest BCUT2D eigenvalue weighted by Gasteiger charge is -2.46. The van der Waals surface area contributed by atoms with Crippen LogP contribution in [-0.4, -0.2) is 90.8 Å². The Labute approximate surface area is 236 Å². The minimum absolute atomic E-state index is 0.0496. The number of piperazine rings is 1. The highest BCUT2D eigenvalue weighted by atomic mass is 19.1. The Morgan fingerprint density at radius 2 is 1.90 bits per heavy atom. The molecule has 1 aromatic heterocycles. The average molecular weight is 556 g/mol. The third-order valence-electron chi connectivity index (χ3n) is 8.94. The van der Waals surface area contributed by atoms with Crippen LogP contribution in [0.3, 0.4) is 0 Å². The number of fused-ring (bicyclic) bond motifs is 1. The Hall–Kier alpha value is -2.46. The topological polar surface area (TPSA) is 60.9 Å². The molecule has 5 rings (SSSR count). The predicted octanol–water partition coefficient (Wildman–Crippen LogP) is 3.91. The van der Waals surface area contributed by atoms with Gasteiger partial charge in [-0.3, -0.25) is 19.6 Å². The first-order valence-electron chi connectivity index (χ1n) is 14.5. The normalized spacial score (nSPS) is 27.9. The van der Waals surface area contributed by atoms with E-state index in [2.05, 4.69) is 49.7 Å². The molecule has 0 spiro atoms. The molecule has 40 heavy (non-hydrogen) atoms. The molecular formula is C31H43F2N5O2. The monoisotopic (exact) mass is 555 g/mol. The van der Waals surface area contributed by atoms with Crippen molar-refractivity contribution in [1.82, 2.24) is 20.1 Å². The number of ether oxygens (including phenoxy) is 1. The van der Waals surface area contributed by atoms with E-state index < -0.39 is 11.6 Å². The Balaban J connectivity index is 1.37. The largest absolute Gasteiger partial charge is 0.378 e. The van der Waals surface area contributed by atoms with Crippen LogP contribution < -0.4 is 10.2 Å². The summed E-state index contributed by atoms with van der Waals surface area (Å²) in [6.45, 7) is 17.5. The van der Waals surface area contributed by atoms with Gasteiger partial charge in [0.25, 0.3) is 0 Å². The van der Waals surface area contributed by atoms with Gasteiger partial charge < -0.3 is 15.0 Å². The van der Waals surface area contributed by atoms with Crippen LogP contribution in [0.5, 0.6) is 0 Å². The zero-order valence-electron chi connectivity index (χ0n) is 24.6. The van der Waals surface area contributed by atoms with Crippen LogP contribution >= 0.6 is 0 Å². The molecule has 9 heteroatoms. The number of nitrogens with one attached hydrogen (secondary N) is 1. The molecule has 2 saturated heterocycles. The van der Waals surface area contributed by atoms with Crippen molar-refractivity contribution >= 4 is 11.6 Å². The van der Waals surface area contributed by atoms with Crippen LogP contribution in [0.1, 0.15) is 64.3 Å². The van der Waals surface area contributed by atoms with Gasteiger partial charge in [-0.25, -0.2) is 8.78 Å². The minimum atomic E-state index is -0.600. The molecule has 1 aromatic carbocycles. The SMILES string of the molecule is CC(c1cnc2c(c1)N(C(=O)CN1C[C@@H](C)NC[C@@H]1CN1[C@H](C)COC[C@H]1C)CC2(C)C)c1ccc(F)cc1F. The van der Waals surface area contributed by atoms with Gasteiger partial charge in [-0.2, -0.15) is 0 Å². The van der Waals surface area contributed by atoms with Crippen molar-refractivity contribution in [2.75, 3.05) is 50.8 Å². The van der Waals surface area contributed by atoms with Crippen molar-refractivity contribution in [3.8, 4) is 0 Å². The van der Waals surface area contributed by atoms with Gasteiger partial charge in [-0.15, -0.1) is 0 Å². The van der Waals surface area contributed by atoms with E-state index in [1.165, 1.54) is 12.1 Å². The number of carbonyl (C=O) groups excluding carboxylic acids is 1. The second-order valence-electron chi connectivity index (χ2n) is 12.7. The molecule has 218 valence electrons. The number of carbonyl (C=O) groups is 1. The van der Waals surface area contributed by atoms with Crippen molar-refractivity contribution in [2.24, 2.45) is 0 Å². The van der Waals surface area contributed by atoms with Gasteiger partial charge in [0.15, 0.2) is 0 Å². The summed E-state index contributed by atoms with van der Waals surface area (Å²) in [5.41, 5.74) is 2.56. The van der Waals surface area contributed by atoms with Crippen molar-refractivity contribution in [3.05, 3.63) is 58.9 Å². The molecule has 0 saturated carbocycles.